The first-order valence-corrected chi connectivity index (χ1v) is 12.1. The topological polar surface area (TPSA) is 51.5 Å². The number of hydrogen-bond donors (Lipinski definition) is 0. The van der Waals surface area contributed by atoms with Crippen molar-refractivity contribution < 1.29 is 4.79 Å². The molecule has 6 nitrogen and oxygen atoms in total. The van der Waals surface area contributed by atoms with Gasteiger partial charge in [-0.05, 0) is 30.3 Å². The second-order valence-corrected chi connectivity index (χ2v) is 9.23. The normalized spacial score (nSPS) is 20.2. The largest absolute Gasteiger partial charge is 0.369 e. The van der Waals surface area contributed by atoms with E-state index in [2.05, 4.69) is 40.6 Å². The van der Waals surface area contributed by atoms with Crippen LogP contribution in [0.2, 0.25) is 5.02 Å². The van der Waals surface area contributed by atoms with E-state index in [1.807, 2.05) is 48.5 Å². The molecular formula is C28H24ClN5O. The molecule has 1 fully saturated rings. The number of anilines is 2. The molecule has 6 rings (SSSR count). The van der Waals surface area contributed by atoms with Crippen molar-refractivity contribution in [1.29, 1.82) is 0 Å². The number of nitrogens with zero attached hydrogens (tertiary/aromatic N) is 5. The van der Waals surface area contributed by atoms with Crippen molar-refractivity contribution in [3.05, 3.63) is 107 Å². The maximum Gasteiger partial charge on any atom is 0.272 e. The molecule has 0 N–H and O–H groups in total. The molecule has 3 heterocycles. The van der Waals surface area contributed by atoms with Gasteiger partial charge in [0.25, 0.3) is 5.91 Å². The molecule has 7 heteroatoms. The first kappa shape index (κ1) is 21.8. The number of rotatable bonds is 3. The number of carbonyl (C=O) groups excluding carboxylic acids is 1. The van der Waals surface area contributed by atoms with E-state index in [-0.39, 0.29) is 5.91 Å². The summed E-state index contributed by atoms with van der Waals surface area (Å²) in [6.45, 7) is 7.35. The molecule has 0 aliphatic carbocycles. The predicted molar refractivity (Wildman–Crippen MR) is 142 cm³/mol. The van der Waals surface area contributed by atoms with Crippen molar-refractivity contribution in [2.45, 2.75) is 6.17 Å². The Morgan fingerprint density at radius 3 is 2.29 bits per heavy atom. The number of hydrogen-bond acceptors (Lipinski definition) is 5. The van der Waals surface area contributed by atoms with Gasteiger partial charge in [-0.15, -0.1) is 0 Å². The lowest BCUT2D eigenvalue weighted by Gasteiger charge is -2.37. The van der Waals surface area contributed by atoms with E-state index in [1.54, 1.807) is 11.0 Å². The molecule has 0 bridgehead atoms. The maximum absolute atomic E-state index is 13.8. The van der Waals surface area contributed by atoms with Gasteiger partial charge in [-0.3, -0.25) is 14.6 Å². The van der Waals surface area contributed by atoms with Gasteiger partial charge in [-0.2, -0.15) is 0 Å². The molecule has 1 unspecified atom stereocenters. The third-order valence-corrected chi connectivity index (χ3v) is 6.92. The lowest BCUT2D eigenvalue weighted by molar-refractivity contribution is -0.121. The number of fused-ring (bicyclic) bond motifs is 3. The molecule has 3 aromatic rings. The van der Waals surface area contributed by atoms with Crippen LogP contribution in [0.3, 0.4) is 0 Å². The van der Waals surface area contributed by atoms with Gasteiger partial charge < -0.3 is 4.90 Å². The number of piperazine rings is 1. The predicted octanol–water partition coefficient (Wildman–Crippen LogP) is 4.60. The van der Waals surface area contributed by atoms with E-state index in [9.17, 15) is 4.79 Å². The van der Waals surface area contributed by atoms with Gasteiger partial charge in [0, 0.05) is 48.0 Å². The van der Waals surface area contributed by atoms with Crippen LogP contribution in [0.1, 0.15) is 11.1 Å². The number of aliphatic imine (C=N–C) groups is 2. The Morgan fingerprint density at radius 2 is 1.57 bits per heavy atom. The van der Waals surface area contributed by atoms with Gasteiger partial charge in [0.1, 0.15) is 0 Å². The van der Waals surface area contributed by atoms with E-state index in [4.69, 9.17) is 21.6 Å². The van der Waals surface area contributed by atoms with Crippen LogP contribution in [0.5, 0.6) is 0 Å². The van der Waals surface area contributed by atoms with E-state index in [0.29, 0.717) is 16.6 Å². The summed E-state index contributed by atoms with van der Waals surface area (Å²) in [5, 5.41) is 0.582. The van der Waals surface area contributed by atoms with E-state index < -0.39 is 6.17 Å². The molecule has 3 aliphatic rings. The third kappa shape index (κ3) is 3.85. The summed E-state index contributed by atoms with van der Waals surface area (Å²) in [5.74, 6) is 0.419. The van der Waals surface area contributed by atoms with Crippen molar-refractivity contribution in [3.63, 3.8) is 0 Å². The van der Waals surface area contributed by atoms with Gasteiger partial charge in [-0.1, -0.05) is 66.7 Å². The molecule has 0 saturated carbocycles. The molecule has 1 saturated heterocycles. The molecule has 3 aromatic carbocycles. The van der Waals surface area contributed by atoms with Crippen LogP contribution in [0, 0.1) is 0 Å². The fourth-order valence-corrected chi connectivity index (χ4v) is 5.11. The quantitative estimate of drug-likeness (QED) is 0.549. The van der Waals surface area contributed by atoms with Crippen molar-refractivity contribution in [1.82, 2.24) is 4.90 Å². The van der Waals surface area contributed by atoms with Crippen molar-refractivity contribution in [2.75, 3.05) is 36.0 Å². The molecule has 3 aliphatic heterocycles. The Balaban J connectivity index is 1.34. The molecule has 1 atom stereocenters. The zero-order valence-corrected chi connectivity index (χ0v) is 19.9. The maximum atomic E-state index is 13.8. The van der Waals surface area contributed by atoms with Crippen molar-refractivity contribution in [3.8, 4) is 0 Å². The zero-order valence-electron chi connectivity index (χ0n) is 19.1. The number of carbonyl (C=O) groups is 1. The summed E-state index contributed by atoms with van der Waals surface area (Å²) in [6.07, 6.45) is -0.586. The summed E-state index contributed by atoms with van der Waals surface area (Å²) >= 11 is 6.39. The third-order valence-electron chi connectivity index (χ3n) is 6.69. The summed E-state index contributed by atoms with van der Waals surface area (Å²) in [5.41, 5.74) is 4.84. The van der Waals surface area contributed by atoms with Crippen LogP contribution in [0.15, 0.2) is 101 Å². The standard InChI is InChI=1S/C28H24ClN5O/c1-19-26-31-27(33-16-14-32(15-17-33)22-10-6-3-7-11-22)28(35)34(26)24-13-12-21(29)18-23(24)25(30-19)20-8-4-2-5-9-20/h2-13,18,27H,1,14-17H2. The molecule has 174 valence electrons. The first-order valence-electron chi connectivity index (χ1n) is 11.7. The summed E-state index contributed by atoms with van der Waals surface area (Å²) < 4.78 is 0. The lowest BCUT2D eigenvalue weighted by Crippen LogP contribution is -2.53. The smallest absolute Gasteiger partial charge is 0.272 e. The molecule has 0 aromatic heterocycles. The molecule has 0 radical (unpaired) electrons. The van der Waals surface area contributed by atoms with E-state index >= 15 is 0 Å². The number of para-hydroxylation sites is 1. The Labute approximate surface area is 209 Å². The molecule has 1 amide bonds. The zero-order chi connectivity index (χ0) is 23.9. The Bertz CT molecular complexity index is 1360. The Morgan fingerprint density at radius 1 is 0.886 bits per heavy atom. The second kappa shape index (κ2) is 8.80. The van der Waals surface area contributed by atoms with Crippen LogP contribution < -0.4 is 9.80 Å². The summed E-state index contributed by atoms with van der Waals surface area (Å²) in [6, 6.07) is 25.8. The fourth-order valence-electron chi connectivity index (χ4n) is 4.94. The van der Waals surface area contributed by atoms with E-state index in [0.717, 1.165) is 48.7 Å². The molecule has 0 spiro atoms. The molecule has 35 heavy (non-hydrogen) atoms. The first-order chi connectivity index (χ1) is 17.1. The number of halogens is 1. The monoisotopic (exact) mass is 481 g/mol. The second-order valence-electron chi connectivity index (χ2n) is 8.79. The molecular weight excluding hydrogens is 458 g/mol. The SMILES string of the molecule is C=C1N=C(c2ccccc2)c2cc(Cl)ccc2N2C(=O)C(N3CCN(c4ccccc4)CC3)N=C12. The minimum Gasteiger partial charge on any atom is -0.369 e. The number of amides is 1. The van der Waals surface area contributed by atoms with Crippen LogP contribution in [-0.4, -0.2) is 54.7 Å². The van der Waals surface area contributed by atoms with Gasteiger partial charge in [0.15, 0.2) is 12.0 Å². The average Bonchev–Trinajstić information content (AvgIpc) is 3.19. The van der Waals surface area contributed by atoms with E-state index in [1.165, 1.54) is 5.69 Å². The minimum absolute atomic E-state index is 0.0811. The highest BCUT2D eigenvalue weighted by Gasteiger charge is 2.43. The van der Waals surface area contributed by atoms with Crippen LogP contribution in [0.4, 0.5) is 11.4 Å². The fraction of sp³-hybridized carbons (Fsp3) is 0.179. The van der Waals surface area contributed by atoms with Crippen molar-refractivity contribution >= 4 is 40.4 Å². The number of benzene rings is 3. The summed E-state index contributed by atoms with van der Waals surface area (Å²) in [4.78, 5) is 29.7. The van der Waals surface area contributed by atoms with Gasteiger partial charge >= 0.3 is 0 Å². The van der Waals surface area contributed by atoms with Gasteiger partial charge in [-0.25, -0.2) is 9.98 Å². The highest BCUT2D eigenvalue weighted by molar-refractivity contribution is 6.35. The minimum atomic E-state index is -0.586. The van der Waals surface area contributed by atoms with Crippen molar-refractivity contribution in [2.24, 2.45) is 9.98 Å². The van der Waals surface area contributed by atoms with Crippen LogP contribution in [-0.2, 0) is 4.79 Å². The Hall–Kier alpha value is -3.74. The average molecular weight is 482 g/mol. The van der Waals surface area contributed by atoms with Gasteiger partial charge in [0.2, 0.25) is 0 Å². The number of amidine groups is 1. The van der Waals surface area contributed by atoms with Crippen LogP contribution >= 0.6 is 11.6 Å². The highest BCUT2D eigenvalue weighted by atomic mass is 35.5. The van der Waals surface area contributed by atoms with Gasteiger partial charge in [0.05, 0.1) is 17.1 Å². The highest BCUT2D eigenvalue weighted by Crippen LogP contribution is 2.35. The van der Waals surface area contributed by atoms with Crippen LogP contribution in [0.25, 0.3) is 0 Å². The Kier molecular flexibility index (Phi) is 5.47. The summed E-state index contributed by atoms with van der Waals surface area (Å²) in [7, 11) is 0. The lowest BCUT2D eigenvalue weighted by atomic mass is 10.00.